The number of thiazole rings is 1. The van der Waals surface area contributed by atoms with E-state index in [0.29, 0.717) is 5.84 Å². The molecule has 82 valence electrons. The van der Waals surface area contributed by atoms with Gasteiger partial charge in [-0.2, -0.15) is 0 Å². The predicted molar refractivity (Wildman–Crippen MR) is 59.0 cm³/mol. The quantitative estimate of drug-likeness (QED) is 0.347. The van der Waals surface area contributed by atoms with Gasteiger partial charge in [0.1, 0.15) is 0 Å². The van der Waals surface area contributed by atoms with Crippen LogP contribution >= 0.6 is 11.3 Å². The Morgan fingerprint density at radius 2 is 2.67 bits per heavy atom. The maximum atomic E-state index is 8.67. The van der Waals surface area contributed by atoms with E-state index in [1.807, 2.05) is 11.7 Å². The molecule has 1 saturated heterocycles. The van der Waals surface area contributed by atoms with Crippen LogP contribution in [0.2, 0.25) is 0 Å². The summed E-state index contributed by atoms with van der Waals surface area (Å²) < 4.78 is 0. The van der Waals surface area contributed by atoms with Crippen molar-refractivity contribution in [3.63, 3.8) is 0 Å². The molecular formula is C9H14N4OS. The Hall–Kier alpha value is -1.14. The molecule has 0 saturated carbocycles. The lowest BCUT2D eigenvalue weighted by Gasteiger charge is -2.22. The summed E-state index contributed by atoms with van der Waals surface area (Å²) in [6.07, 6.45) is 3.93. The molecular weight excluding hydrogens is 212 g/mol. The van der Waals surface area contributed by atoms with E-state index in [-0.39, 0.29) is 6.04 Å². The maximum Gasteiger partial charge on any atom is 0.156 e. The van der Waals surface area contributed by atoms with Gasteiger partial charge in [-0.15, -0.1) is 11.3 Å². The summed E-state index contributed by atoms with van der Waals surface area (Å²) in [5.41, 5.74) is 7.47. The molecule has 1 aromatic heterocycles. The Morgan fingerprint density at radius 3 is 3.33 bits per heavy atom. The van der Waals surface area contributed by atoms with Gasteiger partial charge in [-0.25, -0.2) is 0 Å². The first kappa shape index (κ1) is 10.4. The lowest BCUT2D eigenvalue weighted by Crippen LogP contribution is -2.39. The van der Waals surface area contributed by atoms with Gasteiger partial charge in [-0.05, 0) is 19.4 Å². The van der Waals surface area contributed by atoms with Crippen LogP contribution in [0.5, 0.6) is 0 Å². The molecule has 1 aliphatic heterocycles. The fourth-order valence-electron chi connectivity index (χ4n) is 1.94. The number of rotatable bonds is 3. The van der Waals surface area contributed by atoms with Crippen LogP contribution < -0.4 is 5.73 Å². The van der Waals surface area contributed by atoms with E-state index in [0.717, 1.165) is 25.9 Å². The van der Waals surface area contributed by atoms with E-state index in [1.54, 1.807) is 11.3 Å². The minimum atomic E-state index is 0.0806. The average Bonchev–Trinajstić information content (AvgIpc) is 2.88. The Labute approximate surface area is 92.2 Å². The third-order valence-corrected chi connectivity index (χ3v) is 3.43. The average molecular weight is 226 g/mol. The summed E-state index contributed by atoms with van der Waals surface area (Å²) in [4.78, 5) is 7.48. The summed E-state index contributed by atoms with van der Waals surface area (Å²) in [5.74, 6) is 0.317. The molecule has 2 rings (SSSR count). The van der Waals surface area contributed by atoms with Crippen molar-refractivity contribution in [2.45, 2.75) is 25.4 Å². The zero-order valence-corrected chi connectivity index (χ0v) is 9.15. The molecule has 1 unspecified atom stereocenters. The van der Waals surface area contributed by atoms with Gasteiger partial charge in [0.05, 0.1) is 11.6 Å². The molecule has 6 heteroatoms. The Balaban J connectivity index is 2.02. The SMILES string of the molecule is NC(=NO)C1CCCN1Cc1cncs1. The molecule has 0 spiro atoms. The monoisotopic (exact) mass is 226 g/mol. The van der Waals surface area contributed by atoms with E-state index in [4.69, 9.17) is 10.9 Å². The van der Waals surface area contributed by atoms with Crippen LogP contribution in [0, 0.1) is 0 Å². The number of oxime groups is 1. The fraction of sp³-hybridized carbons (Fsp3) is 0.556. The molecule has 0 bridgehead atoms. The lowest BCUT2D eigenvalue weighted by molar-refractivity contribution is 0.276. The third kappa shape index (κ3) is 2.27. The van der Waals surface area contributed by atoms with Crippen LogP contribution in [-0.4, -0.2) is 33.5 Å². The van der Waals surface area contributed by atoms with E-state index in [9.17, 15) is 0 Å². The van der Waals surface area contributed by atoms with Crippen molar-refractivity contribution in [2.24, 2.45) is 10.9 Å². The maximum absolute atomic E-state index is 8.67. The van der Waals surface area contributed by atoms with Gasteiger partial charge in [-0.1, -0.05) is 5.16 Å². The Kier molecular flexibility index (Phi) is 3.17. The first-order chi connectivity index (χ1) is 7.31. The van der Waals surface area contributed by atoms with Gasteiger partial charge in [0, 0.05) is 17.6 Å². The summed E-state index contributed by atoms with van der Waals surface area (Å²) in [6, 6.07) is 0.0806. The van der Waals surface area contributed by atoms with Crippen molar-refractivity contribution >= 4 is 17.2 Å². The largest absolute Gasteiger partial charge is 0.409 e. The number of hydrogen-bond acceptors (Lipinski definition) is 5. The van der Waals surface area contributed by atoms with Gasteiger partial charge in [-0.3, -0.25) is 9.88 Å². The van der Waals surface area contributed by atoms with Gasteiger partial charge < -0.3 is 10.9 Å². The minimum Gasteiger partial charge on any atom is -0.409 e. The topological polar surface area (TPSA) is 74.7 Å². The van der Waals surface area contributed by atoms with Crippen LogP contribution in [0.15, 0.2) is 16.9 Å². The smallest absolute Gasteiger partial charge is 0.156 e. The molecule has 1 aliphatic rings. The predicted octanol–water partition coefficient (Wildman–Crippen LogP) is 0.854. The second kappa shape index (κ2) is 4.59. The van der Waals surface area contributed by atoms with Crippen LogP contribution in [-0.2, 0) is 6.54 Å². The van der Waals surface area contributed by atoms with Crippen LogP contribution in [0.25, 0.3) is 0 Å². The zero-order chi connectivity index (χ0) is 10.7. The van der Waals surface area contributed by atoms with Crippen LogP contribution in [0.3, 0.4) is 0 Å². The van der Waals surface area contributed by atoms with Crippen molar-refractivity contribution in [1.82, 2.24) is 9.88 Å². The minimum absolute atomic E-state index is 0.0806. The van der Waals surface area contributed by atoms with Crippen molar-refractivity contribution in [1.29, 1.82) is 0 Å². The molecule has 2 heterocycles. The molecule has 0 aliphatic carbocycles. The summed E-state index contributed by atoms with van der Waals surface area (Å²) in [7, 11) is 0. The number of likely N-dealkylation sites (tertiary alicyclic amines) is 1. The van der Waals surface area contributed by atoms with Crippen molar-refractivity contribution in [3.8, 4) is 0 Å². The number of nitrogens with two attached hydrogens (primary N) is 1. The van der Waals surface area contributed by atoms with E-state index in [1.165, 1.54) is 4.88 Å². The highest BCUT2D eigenvalue weighted by molar-refractivity contribution is 7.09. The van der Waals surface area contributed by atoms with Crippen molar-refractivity contribution in [3.05, 3.63) is 16.6 Å². The fourth-order valence-corrected chi connectivity index (χ4v) is 2.56. The molecule has 3 N–H and O–H groups in total. The number of nitrogens with zero attached hydrogens (tertiary/aromatic N) is 3. The second-order valence-corrected chi connectivity index (χ2v) is 4.59. The van der Waals surface area contributed by atoms with Gasteiger partial charge in [0.15, 0.2) is 5.84 Å². The molecule has 0 radical (unpaired) electrons. The Morgan fingerprint density at radius 1 is 1.80 bits per heavy atom. The molecule has 0 amide bonds. The molecule has 1 fully saturated rings. The number of aromatic nitrogens is 1. The first-order valence-corrected chi connectivity index (χ1v) is 5.78. The van der Waals surface area contributed by atoms with Gasteiger partial charge in [0.2, 0.25) is 0 Å². The third-order valence-electron chi connectivity index (χ3n) is 2.66. The second-order valence-electron chi connectivity index (χ2n) is 3.62. The summed E-state index contributed by atoms with van der Waals surface area (Å²) in [5, 5.41) is 11.8. The molecule has 15 heavy (non-hydrogen) atoms. The van der Waals surface area contributed by atoms with Crippen LogP contribution in [0.4, 0.5) is 0 Å². The molecule has 1 atom stereocenters. The Bertz CT molecular complexity index is 338. The molecule has 5 nitrogen and oxygen atoms in total. The standard InChI is InChI=1S/C9H14N4OS/c10-9(12-14)8-2-1-3-13(8)5-7-4-11-6-15-7/h4,6,8,14H,1-3,5H2,(H2,10,12). The first-order valence-electron chi connectivity index (χ1n) is 4.90. The van der Waals surface area contributed by atoms with Crippen molar-refractivity contribution in [2.75, 3.05) is 6.54 Å². The van der Waals surface area contributed by atoms with Gasteiger partial charge >= 0.3 is 0 Å². The van der Waals surface area contributed by atoms with Crippen LogP contribution in [0.1, 0.15) is 17.7 Å². The summed E-state index contributed by atoms with van der Waals surface area (Å²) >= 11 is 1.64. The highest BCUT2D eigenvalue weighted by atomic mass is 32.1. The number of amidine groups is 1. The molecule has 0 aromatic carbocycles. The highest BCUT2D eigenvalue weighted by Gasteiger charge is 2.28. The summed E-state index contributed by atoms with van der Waals surface area (Å²) in [6.45, 7) is 1.84. The molecule has 1 aromatic rings. The van der Waals surface area contributed by atoms with E-state index in [2.05, 4.69) is 15.0 Å². The highest BCUT2D eigenvalue weighted by Crippen LogP contribution is 2.21. The van der Waals surface area contributed by atoms with Crippen molar-refractivity contribution < 1.29 is 5.21 Å². The normalized spacial score (nSPS) is 23.5. The van der Waals surface area contributed by atoms with E-state index >= 15 is 0 Å². The lowest BCUT2D eigenvalue weighted by atomic mass is 10.2. The zero-order valence-electron chi connectivity index (χ0n) is 8.33. The van der Waals surface area contributed by atoms with Gasteiger partial charge in [0.25, 0.3) is 0 Å². The van der Waals surface area contributed by atoms with E-state index < -0.39 is 0 Å². The number of hydrogen-bond donors (Lipinski definition) is 2.